The van der Waals surface area contributed by atoms with Crippen molar-refractivity contribution in [3.8, 4) is 0 Å². The van der Waals surface area contributed by atoms with Crippen LogP contribution < -0.4 is 5.32 Å². The molecule has 1 unspecified atom stereocenters. The van der Waals surface area contributed by atoms with Crippen LogP contribution in [0, 0.1) is 0 Å². The van der Waals surface area contributed by atoms with E-state index in [-0.39, 0.29) is 11.9 Å². The first-order valence-electron chi connectivity index (χ1n) is 7.44. The Balaban J connectivity index is 5.02. The third-order valence-corrected chi connectivity index (χ3v) is 3.35. The first-order chi connectivity index (χ1) is 9.34. The predicted molar refractivity (Wildman–Crippen MR) is 83.2 cm³/mol. The van der Waals surface area contributed by atoms with Gasteiger partial charge in [-0.05, 0) is 33.6 Å². The molecule has 0 aliphatic rings. The van der Waals surface area contributed by atoms with E-state index in [0.717, 1.165) is 31.8 Å². The second-order valence-corrected chi connectivity index (χ2v) is 5.20. The molecule has 0 heterocycles. The fraction of sp³-hybridized carbons (Fsp3) is 0.800. The van der Waals surface area contributed by atoms with Crippen LogP contribution in [0.1, 0.15) is 40.5 Å². The Kier molecular flexibility index (Phi) is 9.05. The van der Waals surface area contributed by atoms with Crippen molar-refractivity contribution in [2.24, 2.45) is 0 Å². The molecule has 20 heavy (non-hydrogen) atoms. The van der Waals surface area contributed by atoms with Gasteiger partial charge in [0.05, 0.1) is 6.10 Å². The van der Waals surface area contributed by atoms with Crippen LogP contribution in [0.25, 0.3) is 0 Å². The zero-order valence-corrected chi connectivity index (χ0v) is 13.9. The normalized spacial score (nSPS) is 11.8. The van der Waals surface area contributed by atoms with Crippen molar-refractivity contribution in [1.29, 1.82) is 0 Å². The summed E-state index contributed by atoms with van der Waals surface area (Å²) in [6.07, 6.45) is 1.28. The number of nitrogens with zero attached hydrogens (tertiary/aromatic N) is 2. The topological polar surface area (TPSA) is 55.8 Å². The van der Waals surface area contributed by atoms with Crippen LogP contribution >= 0.6 is 0 Å². The molecule has 0 saturated heterocycles. The van der Waals surface area contributed by atoms with Crippen LogP contribution in [0.15, 0.2) is 11.5 Å². The van der Waals surface area contributed by atoms with Crippen molar-refractivity contribution in [2.75, 3.05) is 33.7 Å². The number of rotatable bonds is 10. The van der Waals surface area contributed by atoms with Crippen molar-refractivity contribution in [2.45, 2.75) is 46.6 Å². The summed E-state index contributed by atoms with van der Waals surface area (Å²) < 4.78 is 0. The van der Waals surface area contributed by atoms with Gasteiger partial charge in [-0.15, -0.1) is 0 Å². The van der Waals surface area contributed by atoms with E-state index in [1.165, 1.54) is 0 Å². The van der Waals surface area contributed by atoms with Gasteiger partial charge in [-0.2, -0.15) is 0 Å². The minimum absolute atomic E-state index is 0.0395. The van der Waals surface area contributed by atoms with Crippen LogP contribution in [0.2, 0.25) is 0 Å². The van der Waals surface area contributed by atoms with Gasteiger partial charge in [0, 0.05) is 40.7 Å². The maximum Gasteiger partial charge on any atom is 0.179 e. The van der Waals surface area contributed by atoms with E-state index in [1.54, 1.807) is 13.8 Å². The van der Waals surface area contributed by atoms with E-state index in [1.807, 2.05) is 14.1 Å². The van der Waals surface area contributed by atoms with Crippen LogP contribution in [-0.4, -0.2) is 60.5 Å². The van der Waals surface area contributed by atoms with Crippen molar-refractivity contribution >= 4 is 5.78 Å². The zero-order valence-electron chi connectivity index (χ0n) is 13.9. The predicted octanol–water partition coefficient (Wildman–Crippen LogP) is 1.40. The van der Waals surface area contributed by atoms with Crippen molar-refractivity contribution < 1.29 is 9.90 Å². The lowest BCUT2D eigenvalue weighted by Crippen LogP contribution is -2.37. The Bertz CT molecular complexity index is 315. The molecule has 2 N–H and O–H groups in total. The van der Waals surface area contributed by atoms with Crippen molar-refractivity contribution in [3.63, 3.8) is 0 Å². The summed E-state index contributed by atoms with van der Waals surface area (Å²) in [4.78, 5) is 16.1. The van der Waals surface area contributed by atoms with E-state index in [4.69, 9.17) is 0 Å². The van der Waals surface area contributed by atoms with Crippen LogP contribution in [0.3, 0.4) is 0 Å². The summed E-state index contributed by atoms with van der Waals surface area (Å²) in [5.74, 6) is 0.970. The van der Waals surface area contributed by atoms with Crippen molar-refractivity contribution in [1.82, 2.24) is 15.1 Å². The lowest BCUT2D eigenvalue weighted by atomic mass is 10.2. The lowest BCUT2D eigenvalue weighted by molar-refractivity contribution is -0.114. The summed E-state index contributed by atoms with van der Waals surface area (Å²) in [6, 6.07) is 0. The summed E-state index contributed by atoms with van der Waals surface area (Å²) in [7, 11) is 3.98. The van der Waals surface area contributed by atoms with Gasteiger partial charge in [0.15, 0.2) is 5.78 Å². The van der Waals surface area contributed by atoms with Crippen molar-refractivity contribution in [3.05, 3.63) is 11.5 Å². The number of hydrogen-bond acceptors (Lipinski definition) is 5. The number of carbonyl (C=O) groups excluding carboxylic acids is 1. The number of aliphatic hydroxyl groups is 1. The maximum atomic E-state index is 11.9. The lowest BCUT2D eigenvalue weighted by Gasteiger charge is -2.31. The molecule has 0 amide bonds. The van der Waals surface area contributed by atoms with Gasteiger partial charge in [0.2, 0.25) is 0 Å². The average molecular weight is 285 g/mol. The molecule has 0 aromatic rings. The molecule has 0 rings (SSSR count). The quantitative estimate of drug-likeness (QED) is 0.469. The molecule has 5 heteroatoms. The van der Waals surface area contributed by atoms with Gasteiger partial charge in [0.25, 0.3) is 0 Å². The summed E-state index contributed by atoms with van der Waals surface area (Å²) >= 11 is 0. The first kappa shape index (κ1) is 18.8. The molecular weight excluding hydrogens is 254 g/mol. The standard InChI is InChI=1S/C15H31N3O2/c1-7-17(5)15(18(6)8-2)14(13(4)20)16-11-9-10-12(3)19/h12,16,19H,7-11H2,1-6H3. The molecule has 0 radical (unpaired) electrons. The van der Waals surface area contributed by atoms with E-state index < -0.39 is 0 Å². The minimum atomic E-state index is -0.294. The van der Waals surface area contributed by atoms with E-state index in [9.17, 15) is 9.90 Å². The second-order valence-electron chi connectivity index (χ2n) is 5.20. The monoisotopic (exact) mass is 285 g/mol. The highest BCUT2D eigenvalue weighted by Crippen LogP contribution is 2.12. The zero-order chi connectivity index (χ0) is 15.7. The molecule has 118 valence electrons. The number of Topliss-reactive ketones (excluding diaryl/α,β-unsaturated/α-hetero) is 1. The minimum Gasteiger partial charge on any atom is -0.393 e. The average Bonchev–Trinajstić information content (AvgIpc) is 2.40. The number of ketones is 1. The van der Waals surface area contributed by atoms with Crippen LogP contribution in [0.4, 0.5) is 0 Å². The first-order valence-corrected chi connectivity index (χ1v) is 7.44. The summed E-state index contributed by atoms with van der Waals surface area (Å²) in [6.45, 7) is 9.87. The molecule has 0 aliphatic heterocycles. The molecule has 1 atom stereocenters. The van der Waals surface area contributed by atoms with Gasteiger partial charge in [-0.1, -0.05) is 0 Å². The summed E-state index contributed by atoms with van der Waals surface area (Å²) in [5, 5.41) is 12.5. The number of allylic oxidation sites excluding steroid dienone is 1. The number of carbonyl (C=O) groups is 1. The van der Waals surface area contributed by atoms with Crippen LogP contribution in [-0.2, 0) is 4.79 Å². The van der Waals surface area contributed by atoms with E-state index >= 15 is 0 Å². The molecule has 0 spiro atoms. The summed E-state index contributed by atoms with van der Waals surface area (Å²) in [5.41, 5.74) is 0.657. The van der Waals surface area contributed by atoms with Gasteiger partial charge >= 0.3 is 0 Å². The SMILES string of the molecule is CCN(C)C(=C(NCCCC(C)O)C(C)=O)N(C)CC. The Labute approximate surface area is 123 Å². The molecule has 0 bridgehead atoms. The third-order valence-electron chi connectivity index (χ3n) is 3.35. The Morgan fingerprint density at radius 3 is 2.05 bits per heavy atom. The molecule has 0 aromatic heterocycles. The fourth-order valence-corrected chi connectivity index (χ4v) is 1.94. The molecule has 0 fully saturated rings. The fourth-order valence-electron chi connectivity index (χ4n) is 1.94. The van der Waals surface area contributed by atoms with E-state index in [2.05, 4.69) is 29.0 Å². The molecule has 0 aromatic carbocycles. The Hall–Kier alpha value is -1.23. The van der Waals surface area contributed by atoms with Gasteiger partial charge in [0.1, 0.15) is 11.5 Å². The smallest absolute Gasteiger partial charge is 0.179 e. The Morgan fingerprint density at radius 2 is 1.70 bits per heavy atom. The molecule has 0 saturated carbocycles. The van der Waals surface area contributed by atoms with Gasteiger partial charge in [-0.3, -0.25) is 4.79 Å². The molecule has 0 aliphatic carbocycles. The van der Waals surface area contributed by atoms with Crippen LogP contribution in [0.5, 0.6) is 0 Å². The van der Waals surface area contributed by atoms with Gasteiger partial charge < -0.3 is 20.2 Å². The molecule has 5 nitrogen and oxygen atoms in total. The Morgan fingerprint density at radius 1 is 1.20 bits per heavy atom. The highest BCUT2D eigenvalue weighted by molar-refractivity contribution is 5.93. The number of hydrogen-bond donors (Lipinski definition) is 2. The maximum absolute atomic E-state index is 11.9. The van der Waals surface area contributed by atoms with E-state index in [0.29, 0.717) is 12.2 Å². The second kappa shape index (κ2) is 9.64. The van der Waals surface area contributed by atoms with Gasteiger partial charge in [-0.25, -0.2) is 0 Å². The number of nitrogens with one attached hydrogen (secondary N) is 1. The third kappa shape index (κ3) is 6.28. The molecular formula is C15H31N3O2. The number of aliphatic hydroxyl groups excluding tert-OH is 1. The highest BCUT2D eigenvalue weighted by atomic mass is 16.3. The largest absolute Gasteiger partial charge is 0.393 e. The highest BCUT2D eigenvalue weighted by Gasteiger charge is 2.17.